The molecule has 0 radical (unpaired) electrons. The third kappa shape index (κ3) is 9.19. The van der Waals surface area contributed by atoms with Crippen molar-refractivity contribution in [1.29, 1.82) is 0 Å². The van der Waals surface area contributed by atoms with Gasteiger partial charge in [-0.2, -0.15) is 0 Å². The Morgan fingerprint density at radius 3 is 2.40 bits per heavy atom. The number of amides is 4. The van der Waals surface area contributed by atoms with Crippen molar-refractivity contribution in [3.05, 3.63) is 101 Å². The predicted octanol–water partition coefficient (Wildman–Crippen LogP) is 2.50. The molecule has 1 aromatic heterocycles. The van der Waals surface area contributed by atoms with Gasteiger partial charge in [0.1, 0.15) is 18.7 Å². The molecule has 0 fully saturated rings. The minimum absolute atomic E-state index is 0. The third-order valence-corrected chi connectivity index (χ3v) is 6.63. The van der Waals surface area contributed by atoms with Crippen molar-refractivity contribution in [3.8, 4) is 0 Å². The average Bonchev–Trinajstić information content (AvgIpc) is 2.98. The topological polar surface area (TPSA) is 104 Å². The number of pyridine rings is 1. The van der Waals surface area contributed by atoms with Gasteiger partial charge in [-0.05, 0) is 45.6 Å². The molecular formula is C31H33BrClN5O4. The van der Waals surface area contributed by atoms with E-state index in [-0.39, 0.29) is 44.6 Å². The van der Waals surface area contributed by atoms with E-state index in [0.717, 1.165) is 33.9 Å². The Morgan fingerprint density at radius 1 is 0.905 bits per heavy atom. The maximum atomic E-state index is 13.5. The van der Waals surface area contributed by atoms with Gasteiger partial charge in [0.15, 0.2) is 12.4 Å². The number of carbonyl (C=O) groups excluding carboxylic acids is 3. The summed E-state index contributed by atoms with van der Waals surface area (Å²) in [5.74, 6) is -0.171. The molecule has 0 saturated heterocycles. The molecule has 0 aliphatic carbocycles. The van der Waals surface area contributed by atoms with E-state index in [1.165, 1.54) is 0 Å². The summed E-state index contributed by atoms with van der Waals surface area (Å²) in [6, 6.07) is 24.0. The van der Waals surface area contributed by atoms with E-state index in [4.69, 9.17) is 4.74 Å². The zero-order chi connectivity index (χ0) is 29.0. The molecule has 0 atom stereocenters. The van der Waals surface area contributed by atoms with Crippen LogP contribution < -0.4 is 37.8 Å². The molecule has 0 saturated carbocycles. The number of aromatic nitrogens is 1. The van der Waals surface area contributed by atoms with Gasteiger partial charge in [-0.15, -0.1) is 0 Å². The van der Waals surface area contributed by atoms with Crippen molar-refractivity contribution in [2.45, 2.75) is 19.9 Å². The van der Waals surface area contributed by atoms with E-state index in [1.807, 2.05) is 83.7 Å². The number of benzene rings is 3. The van der Waals surface area contributed by atoms with Crippen LogP contribution in [0.25, 0.3) is 10.8 Å². The molecular weight excluding hydrogens is 622 g/mol. The highest BCUT2D eigenvalue weighted by Gasteiger charge is 2.21. The van der Waals surface area contributed by atoms with Crippen LogP contribution in [-0.2, 0) is 11.3 Å². The number of para-hydroxylation sites is 1. The maximum Gasteiger partial charge on any atom is 0.411 e. The summed E-state index contributed by atoms with van der Waals surface area (Å²) in [7, 11) is 0. The van der Waals surface area contributed by atoms with Crippen LogP contribution in [0.1, 0.15) is 23.7 Å². The monoisotopic (exact) mass is 653 g/mol. The SMILES string of the molecule is CCC[n+]1cc(Br)cc(C(=O)N(CCNC(=O)NCCOC(=O)Nc2cccc3ccccc23)c2ccccc2)c1.[Cl-]. The van der Waals surface area contributed by atoms with Crippen molar-refractivity contribution in [1.82, 2.24) is 10.6 Å². The fraction of sp³-hybridized carbons (Fsp3) is 0.226. The highest BCUT2D eigenvalue weighted by Crippen LogP contribution is 2.23. The predicted molar refractivity (Wildman–Crippen MR) is 163 cm³/mol. The van der Waals surface area contributed by atoms with Gasteiger partial charge in [0.25, 0.3) is 5.91 Å². The Morgan fingerprint density at radius 2 is 1.62 bits per heavy atom. The van der Waals surface area contributed by atoms with Crippen LogP contribution in [0.5, 0.6) is 0 Å². The average molecular weight is 655 g/mol. The molecule has 0 unspecified atom stereocenters. The van der Waals surface area contributed by atoms with Crippen LogP contribution >= 0.6 is 15.9 Å². The van der Waals surface area contributed by atoms with E-state index in [2.05, 4.69) is 38.8 Å². The van der Waals surface area contributed by atoms with Crippen molar-refractivity contribution >= 4 is 56.1 Å². The summed E-state index contributed by atoms with van der Waals surface area (Å²) < 4.78 is 8.01. The number of aryl methyl sites for hydroxylation is 1. The van der Waals surface area contributed by atoms with Gasteiger partial charge in [-0.1, -0.05) is 61.5 Å². The summed E-state index contributed by atoms with van der Waals surface area (Å²) in [6.45, 7) is 3.49. The number of anilines is 2. The Bertz CT molecular complexity index is 1500. The van der Waals surface area contributed by atoms with E-state index < -0.39 is 12.1 Å². The van der Waals surface area contributed by atoms with Crippen LogP contribution in [-0.4, -0.2) is 44.3 Å². The van der Waals surface area contributed by atoms with Crippen LogP contribution in [0.3, 0.4) is 0 Å². The third-order valence-electron chi connectivity index (χ3n) is 6.20. The first-order chi connectivity index (χ1) is 19.9. The van der Waals surface area contributed by atoms with Gasteiger partial charge >= 0.3 is 12.1 Å². The quantitative estimate of drug-likeness (QED) is 0.171. The normalized spacial score (nSPS) is 10.3. The van der Waals surface area contributed by atoms with E-state index in [9.17, 15) is 14.4 Å². The first kappa shape index (κ1) is 32.4. The lowest BCUT2D eigenvalue weighted by atomic mass is 10.1. The Labute approximate surface area is 259 Å². The lowest BCUT2D eigenvalue weighted by Gasteiger charge is -2.23. The second-order valence-corrected chi connectivity index (χ2v) is 10.2. The fourth-order valence-corrected chi connectivity index (χ4v) is 4.86. The number of urea groups is 1. The summed E-state index contributed by atoms with van der Waals surface area (Å²) in [5.41, 5.74) is 1.92. The summed E-state index contributed by atoms with van der Waals surface area (Å²) in [4.78, 5) is 39.7. The van der Waals surface area contributed by atoms with Crippen molar-refractivity contribution in [3.63, 3.8) is 0 Å². The molecule has 4 amide bonds. The minimum atomic E-state index is -0.603. The van der Waals surface area contributed by atoms with Crippen LogP contribution in [0, 0.1) is 0 Å². The number of carbonyl (C=O) groups is 3. The number of halogens is 2. The molecule has 11 heteroatoms. The number of fused-ring (bicyclic) bond motifs is 1. The van der Waals surface area contributed by atoms with Crippen molar-refractivity contribution < 1.29 is 36.1 Å². The van der Waals surface area contributed by atoms with Gasteiger partial charge in [-0.3, -0.25) is 10.1 Å². The highest BCUT2D eigenvalue weighted by molar-refractivity contribution is 9.10. The van der Waals surface area contributed by atoms with Crippen molar-refractivity contribution in [2.75, 3.05) is 36.5 Å². The molecule has 0 spiro atoms. The molecule has 3 aromatic carbocycles. The largest absolute Gasteiger partial charge is 1.00 e. The lowest BCUT2D eigenvalue weighted by Crippen LogP contribution is -3.00. The van der Waals surface area contributed by atoms with Gasteiger partial charge in [0.05, 0.1) is 16.7 Å². The molecule has 1 heterocycles. The van der Waals surface area contributed by atoms with E-state index in [1.54, 1.807) is 17.0 Å². The number of hydrogen-bond acceptors (Lipinski definition) is 4. The molecule has 3 N–H and O–H groups in total. The summed E-state index contributed by atoms with van der Waals surface area (Å²) in [5, 5.41) is 10.1. The zero-order valence-electron chi connectivity index (χ0n) is 23.2. The number of ether oxygens (including phenoxy) is 1. The number of nitrogens with one attached hydrogen (secondary N) is 3. The van der Waals surface area contributed by atoms with Crippen LogP contribution in [0.4, 0.5) is 21.0 Å². The van der Waals surface area contributed by atoms with Gasteiger partial charge in [0, 0.05) is 30.6 Å². The lowest BCUT2D eigenvalue weighted by molar-refractivity contribution is -0.697. The Balaban J connectivity index is 0.00000484. The van der Waals surface area contributed by atoms with Crippen LogP contribution in [0.15, 0.2) is 95.7 Å². The van der Waals surface area contributed by atoms with Crippen LogP contribution in [0.2, 0.25) is 0 Å². The summed E-state index contributed by atoms with van der Waals surface area (Å²) in [6.07, 6.45) is 4.11. The van der Waals surface area contributed by atoms with E-state index >= 15 is 0 Å². The molecule has 220 valence electrons. The summed E-state index contributed by atoms with van der Waals surface area (Å²) >= 11 is 3.50. The van der Waals surface area contributed by atoms with Gasteiger partial charge < -0.3 is 32.7 Å². The number of hydrogen-bond donors (Lipinski definition) is 3. The number of rotatable bonds is 11. The second-order valence-electron chi connectivity index (χ2n) is 9.24. The standard InChI is InChI=1S/C31H32BrN5O4.ClH/c1-2-17-36-21-24(20-25(32)22-36)29(38)37(26-11-4-3-5-12-26)18-15-33-30(39)34-16-19-41-31(40)35-28-14-8-10-23-9-6-7-13-27(23)28;/h3-14,20-22H,2,15-19H2,1H3,(H2-,33,34,35,39,40);1H. The molecule has 0 aliphatic heterocycles. The molecule has 9 nitrogen and oxygen atoms in total. The smallest absolute Gasteiger partial charge is 0.411 e. The van der Waals surface area contributed by atoms with E-state index in [0.29, 0.717) is 11.3 Å². The molecule has 4 rings (SSSR count). The Kier molecular flexibility index (Phi) is 12.6. The Hall–Kier alpha value is -4.15. The highest BCUT2D eigenvalue weighted by atomic mass is 79.9. The van der Waals surface area contributed by atoms with Crippen molar-refractivity contribution in [2.24, 2.45) is 0 Å². The number of nitrogens with zero attached hydrogens (tertiary/aromatic N) is 2. The second kappa shape index (κ2) is 16.3. The molecule has 0 aliphatic rings. The molecule has 0 bridgehead atoms. The maximum absolute atomic E-state index is 13.5. The first-order valence-electron chi connectivity index (χ1n) is 13.4. The first-order valence-corrected chi connectivity index (χ1v) is 14.2. The molecule has 42 heavy (non-hydrogen) atoms. The minimum Gasteiger partial charge on any atom is -1.00 e. The molecule has 4 aromatic rings. The van der Waals surface area contributed by atoms with Gasteiger partial charge in [-0.25, -0.2) is 14.2 Å². The zero-order valence-corrected chi connectivity index (χ0v) is 25.5. The fourth-order valence-electron chi connectivity index (χ4n) is 4.35. The van der Waals surface area contributed by atoms with Gasteiger partial charge in [0.2, 0.25) is 0 Å².